The molecule has 2 heterocycles. The van der Waals surface area contributed by atoms with Crippen LogP contribution in [0.4, 0.5) is 11.5 Å². The molecule has 1 amide bonds. The van der Waals surface area contributed by atoms with Gasteiger partial charge in [-0.25, -0.2) is 4.98 Å². The van der Waals surface area contributed by atoms with Gasteiger partial charge in [0.2, 0.25) is 0 Å². The Labute approximate surface area is 109 Å². The van der Waals surface area contributed by atoms with Crippen molar-refractivity contribution in [3.63, 3.8) is 0 Å². The molecule has 0 spiro atoms. The number of ether oxygens (including phenoxy) is 1. The summed E-state index contributed by atoms with van der Waals surface area (Å²) in [7, 11) is 3.50. The van der Waals surface area contributed by atoms with Crippen LogP contribution in [-0.4, -0.2) is 31.6 Å². The van der Waals surface area contributed by atoms with Crippen molar-refractivity contribution in [3.8, 4) is 5.75 Å². The van der Waals surface area contributed by atoms with E-state index in [0.29, 0.717) is 11.4 Å². The molecule has 0 bridgehead atoms. The Morgan fingerprint density at radius 3 is 2.50 bits per heavy atom. The fourth-order valence-corrected chi connectivity index (χ4v) is 1.30. The molecular weight excluding hydrogens is 230 g/mol. The molecule has 0 saturated heterocycles. The molecule has 5 nitrogen and oxygen atoms in total. The van der Waals surface area contributed by atoms with Crippen LogP contribution in [0.3, 0.4) is 0 Å². The highest BCUT2D eigenvalue weighted by atomic mass is 16.5. The van der Waals surface area contributed by atoms with Crippen molar-refractivity contribution in [2.24, 2.45) is 0 Å². The Hall–Kier alpha value is -1.78. The maximum atomic E-state index is 11.3. The van der Waals surface area contributed by atoms with E-state index in [-0.39, 0.29) is 12.5 Å². The van der Waals surface area contributed by atoms with Crippen LogP contribution in [0.1, 0.15) is 27.7 Å². The Balaban J connectivity index is 0.000000659. The highest BCUT2D eigenvalue weighted by Gasteiger charge is 2.22. The molecule has 0 unspecified atom stereocenters. The van der Waals surface area contributed by atoms with Crippen molar-refractivity contribution >= 4 is 17.4 Å². The fourth-order valence-electron chi connectivity index (χ4n) is 1.30. The predicted octanol–water partition coefficient (Wildman–Crippen LogP) is 2.53. The molecule has 0 radical (unpaired) electrons. The van der Waals surface area contributed by atoms with Gasteiger partial charge in [0.1, 0.15) is 17.3 Å². The molecule has 1 aliphatic heterocycles. The number of nitrogens with zero attached hydrogens (tertiary/aromatic N) is 2. The molecule has 5 heteroatoms. The summed E-state index contributed by atoms with van der Waals surface area (Å²) in [6, 6.07) is 1.78. The Morgan fingerprint density at radius 2 is 1.94 bits per heavy atom. The van der Waals surface area contributed by atoms with Gasteiger partial charge >= 0.3 is 0 Å². The zero-order chi connectivity index (χ0) is 14.1. The average Bonchev–Trinajstić information content (AvgIpc) is 2.47. The lowest BCUT2D eigenvalue weighted by Gasteiger charge is -2.25. The molecule has 0 aliphatic carbocycles. The number of fused-ring (bicyclic) bond motifs is 1. The molecule has 0 saturated carbocycles. The van der Waals surface area contributed by atoms with Crippen LogP contribution in [0.5, 0.6) is 5.75 Å². The molecular formula is C13H23N3O2. The minimum Gasteiger partial charge on any atom is -0.481 e. The van der Waals surface area contributed by atoms with E-state index in [9.17, 15) is 4.79 Å². The van der Waals surface area contributed by atoms with Crippen molar-refractivity contribution in [1.82, 2.24) is 4.98 Å². The molecule has 0 fully saturated rings. The van der Waals surface area contributed by atoms with E-state index in [0.717, 1.165) is 5.82 Å². The minimum absolute atomic E-state index is 0.0588. The number of nitrogens with one attached hydrogen (secondary N) is 1. The molecule has 1 aromatic rings. The van der Waals surface area contributed by atoms with Gasteiger partial charge in [0.05, 0.1) is 6.20 Å². The van der Waals surface area contributed by atoms with Gasteiger partial charge in [-0.2, -0.15) is 0 Å². The second-order valence-electron chi connectivity index (χ2n) is 3.03. The number of amides is 1. The lowest BCUT2D eigenvalue weighted by atomic mass is 10.3. The number of anilines is 2. The number of aromatic nitrogens is 1. The Kier molecular flexibility index (Phi) is 7.51. The number of carbonyl (C=O) groups is 1. The van der Waals surface area contributed by atoms with Gasteiger partial charge in [0.15, 0.2) is 6.61 Å². The summed E-state index contributed by atoms with van der Waals surface area (Å²) in [5, 5.41) is 2.91. The molecule has 1 aliphatic rings. The van der Waals surface area contributed by atoms with Crippen LogP contribution in [-0.2, 0) is 4.79 Å². The van der Waals surface area contributed by atoms with E-state index in [1.807, 2.05) is 27.7 Å². The Morgan fingerprint density at radius 1 is 1.33 bits per heavy atom. The van der Waals surface area contributed by atoms with Crippen molar-refractivity contribution in [1.29, 1.82) is 0 Å². The SMILES string of the molecule is CC.CC.CNc1cc2c(cn1)N(C)C(=O)CO2. The summed E-state index contributed by atoms with van der Waals surface area (Å²) >= 11 is 0. The van der Waals surface area contributed by atoms with Crippen molar-refractivity contribution in [2.45, 2.75) is 27.7 Å². The summed E-state index contributed by atoms with van der Waals surface area (Å²) in [6.45, 7) is 8.09. The maximum absolute atomic E-state index is 11.3. The quantitative estimate of drug-likeness (QED) is 0.835. The summed E-state index contributed by atoms with van der Waals surface area (Å²) in [5.41, 5.74) is 0.709. The standard InChI is InChI=1S/C9H11N3O2.2C2H6/c1-10-8-3-7-6(4-11-8)12(2)9(13)5-14-7;2*1-2/h3-4H,5H2,1-2H3,(H,10,11);2*1-2H3. The number of hydrogen-bond donors (Lipinski definition) is 1. The summed E-state index contributed by atoms with van der Waals surface area (Å²) in [6.07, 6.45) is 1.62. The van der Waals surface area contributed by atoms with Crippen LogP contribution < -0.4 is 15.0 Å². The molecule has 0 atom stereocenters. The van der Waals surface area contributed by atoms with E-state index in [2.05, 4.69) is 10.3 Å². The topological polar surface area (TPSA) is 54.5 Å². The number of rotatable bonds is 1. The fraction of sp³-hybridized carbons (Fsp3) is 0.538. The summed E-state index contributed by atoms with van der Waals surface area (Å²) in [5.74, 6) is 1.36. The van der Waals surface area contributed by atoms with Gasteiger partial charge in [-0.1, -0.05) is 27.7 Å². The molecule has 2 rings (SSSR count). The van der Waals surface area contributed by atoms with Gasteiger partial charge in [0, 0.05) is 20.2 Å². The summed E-state index contributed by atoms with van der Waals surface area (Å²) < 4.78 is 5.28. The third-order valence-corrected chi connectivity index (χ3v) is 2.19. The highest BCUT2D eigenvalue weighted by Crippen LogP contribution is 2.31. The first-order valence-electron chi connectivity index (χ1n) is 6.29. The van der Waals surface area contributed by atoms with Gasteiger partial charge < -0.3 is 15.0 Å². The zero-order valence-electron chi connectivity index (χ0n) is 12.1. The first-order valence-corrected chi connectivity index (χ1v) is 6.29. The van der Waals surface area contributed by atoms with Crippen LogP contribution in [0.25, 0.3) is 0 Å². The number of hydrogen-bond acceptors (Lipinski definition) is 4. The second kappa shape index (κ2) is 8.33. The third kappa shape index (κ3) is 3.61. The van der Waals surface area contributed by atoms with Crippen LogP contribution in [0.15, 0.2) is 12.3 Å². The van der Waals surface area contributed by atoms with Crippen molar-refractivity contribution in [3.05, 3.63) is 12.3 Å². The molecule has 18 heavy (non-hydrogen) atoms. The average molecular weight is 253 g/mol. The maximum Gasteiger partial charge on any atom is 0.264 e. The van der Waals surface area contributed by atoms with E-state index in [1.54, 1.807) is 31.3 Å². The number of carbonyl (C=O) groups excluding carboxylic acids is 1. The third-order valence-electron chi connectivity index (χ3n) is 2.19. The molecule has 102 valence electrons. The van der Waals surface area contributed by atoms with Gasteiger partial charge in [0.25, 0.3) is 5.91 Å². The smallest absolute Gasteiger partial charge is 0.264 e. The van der Waals surface area contributed by atoms with E-state index < -0.39 is 0 Å². The lowest BCUT2D eigenvalue weighted by molar-refractivity contribution is -0.120. The minimum atomic E-state index is -0.0588. The monoisotopic (exact) mass is 253 g/mol. The highest BCUT2D eigenvalue weighted by molar-refractivity contribution is 5.97. The van der Waals surface area contributed by atoms with Crippen molar-refractivity contribution < 1.29 is 9.53 Å². The summed E-state index contributed by atoms with van der Waals surface area (Å²) in [4.78, 5) is 16.9. The number of likely N-dealkylation sites (N-methyl/N-ethyl adjacent to an activating group) is 1. The predicted molar refractivity (Wildman–Crippen MR) is 75.4 cm³/mol. The Bertz CT molecular complexity index is 380. The zero-order valence-corrected chi connectivity index (χ0v) is 12.1. The van der Waals surface area contributed by atoms with Crippen LogP contribution >= 0.6 is 0 Å². The van der Waals surface area contributed by atoms with Crippen molar-refractivity contribution in [2.75, 3.05) is 30.9 Å². The van der Waals surface area contributed by atoms with Crippen LogP contribution in [0, 0.1) is 0 Å². The van der Waals surface area contributed by atoms with Gasteiger partial charge in [-0.05, 0) is 0 Å². The number of pyridine rings is 1. The second-order valence-corrected chi connectivity index (χ2v) is 3.03. The largest absolute Gasteiger partial charge is 0.481 e. The van der Waals surface area contributed by atoms with Gasteiger partial charge in [-0.3, -0.25) is 4.79 Å². The normalized spacial score (nSPS) is 12.1. The molecule has 1 aromatic heterocycles. The van der Waals surface area contributed by atoms with E-state index >= 15 is 0 Å². The lowest BCUT2D eigenvalue weighted by Crippen LogP contribution is -2.35. The van der Waals surface area contributed by atoms with Crippen LogP contribution in [0.2, 0.25) is 0 Å². The molecule has 0 aromatic carbocycles. The van der Waals surface area contributed by atoms with Gasteiger partial charge in [-0.15, -0.1) is 0 Å². The first-order chi connectivity index (χ1) is 8.72. The van der Waals surface area contributed by atoms with E-state index in [1.165, 1.54) is 0 Å². The van der Waals surface area contributed by atoms with E-state index in [4.69, 9.17) is 4.74 Å². The molecule has 1 N–H and O–H groups in total. The first kappa shape index (κ1) is 16.2.